The van der Waals surface area contributed by atoms with Gasteiger partial charge in [0.25, 0.3) is 5.91 Å². The molecule has 28 heavy (non-hydrogen) atoms. The van der Waals surface area contributed by atoms with Crippen LogP contribution in [0.25, 0.3) is 11.3 Å². The minimum absolute atomic E-state index is 0.155. The van der Waals surface area contributed by atoms with Crippen molar-refractivity contribution in [1.82, 2.24) is 10.3 Å². The Kier molecular flexibility index (Phi) is 5.63. The highest BCUT2D eigenvalue weighted by Crippen LogP contribution is 2.29. The first-order valence-electron chi connectivity index (χ1n) is 8.42. The Morgan fingerprint density at radius 2 is 1.71 bits per heavy atom. The van der Waals surface area contributed by atoms with E-state index in [-0.39, 0.29) is 12.1 Å². The summed E-state index contributed by atoms with van der Waals surface area (Å²) >= 11 is 0. The number of methoxy groups -OCH3 is 1. The van der Waals surface area contributed by atoms with E-state index < -0.39 is 17.6 Å². The molecule has 0 aliphatic heterocycles. The van der Waals surface area contributed by atoms with Gasteiger partial charge < -0.3 is 10.1 Å². The Morgan fingerprint density at radius 1 is 1.04 bits per heavy atom. The number of pyridine rings is 1. The van der Waals surface area contributed by atoms with Crippen LogP contribution in [0, 0.1) is 0 Å². The number of alkyl halides is 3. The number of halogens is 3. The van der Waals surface area contributed by atoms with Gasteiger partial charge in [0, 0.05) is 23.9 Å². The van der Waals surface area contributed by atoms with Crippen molar-refractivity contribution in [3.63, 3.8) is 0 Å². The van der Waals surface area contributed by atoms with Gasteiger partial charge in [-0.15, -0.1) is 0 Å². The van der Waals surface area contributed by atoms with E-state index in [0.29, 0.717) is 5.69 Å². The number of amides is 1. The molecular weight excluding hydrogens is 369 g/mol. The standard InChI is InChI=1S/C21H17F3N2O2/c1-28-18-10-6-14(7-11-18)19-16(3-2-12-25-19)13-26-20(27)15-4-8-17(9-5-15)21(22,23)24/h2-12H,13H2,1H3,(H,26,27). The quantitative estimate of drug-likeness (QED) is 0.691. The molecule has 1 N–H and O–H groups in total. The first-order chi connectivity index (χ1) is 13.4. The van der Waals surface area contributed by atoms with E-state index >= 15 is 0 Å². The first kappa shape index (κ1) is 19.4. The Hall–Kier alpha value is -3.35. The maximum absolute atomic E-state index is 12.6. The van der Waals surface area contributed by atoms with E-state index in [1.54, 1.807) is 19.4 Å². The number of hydrogen-bond donors (Lipinski definition) is 1. The van der Waals surface area contributed by atoms with E-state index in [2.05, 4.69) is 10.3 Å². The molecule has 0 bridgehead atoms. The third-order valence-corrected chi connectivity index (χ3v) is 4.17. The minimum atomic E-state index is -4.43. The molecule has 1 heterocycles. The Bertz CT molecular complexity index is 953. The SMILES string of the molecule is COc1ccc(-c2ncccc2CNC(=O)c2ccc(C(F)(F)F)cc2)cc1. The second-order valence-electron chi connectivity index (χ2n) is 6.00. The first-order valence-corrected chi connectivity index (χ1v) is 8.42. The van der Waals surface area contributed by atoms with Crippen LogP contribution in [0.1, 0.15) is 21.5 Å². The number of nitrogens with one attached hydrogen (secondary N) is 1. The lowest BCUT2D eigenvalue weighted by molar-refractivity contribution is -0.137. The van der Waals surface area contributed by atoms with Gasteiger partial charge in [-0.1, -0.05) is 6.07 Å². The number of hydrogen-bond acceptors (Lipinski definition) is 3. The summed E-state index contributed by atoms with van der Waals surface area (Å²) < 4.78 is 43.0. The van der Waals surface area contributed by atoms with Crippen molar-refractivity contribution in [3.05, 3.63) is 83.6 Å². The summed E-state index contributed by atoms with van der Waals surface area (Å²) in [4.78, 5) is 16.7. The second-order valence-corrected chi connectivity index (χ2v) is 6.00. The van der Waals surface area contributed by atoms with E-state index in [1.807, 2.05) is 30.3 Å². The van der Waals surface area contributed by atoms with Gasteiger partial charge >= 0.3 is 6.18 Å². The van der Waals surface area contributed by atoms with Gasteiger partial charge in [-0.25, -0.2) is 0 Å². The van der Waals surface area contributed by atoms with Crippen LogP contribution in [0.3, 0.4) is 0 Å². The van der Waals surface area contributed by atoms with Gasteiger partial charge in [-0.2, -0.15) is 13.2 Å². The van der Waals surface area contributed by atoms with Crippen LogP contribution in [-0.4, -0.2) is 18.0 Å². The average molecular weight is 386 g/mol. The fourth-order valence-corrected chi connectivity index (χ4v) is 2.68. The van der Waals surface area contributed by atoms with Gasteiger partial charge in [0.15, 0.2) is 0 Å². The van der Waals surface area contributed by atoms with Crippen molar-refractivity contribution in [2.75, 3.05) is 7.11 Å². The van der Waals surface area contributed by atoms with Gasteiger partial charge in [0.2, 0.25) is 0 Å². The molecule has 0 saturated heterocycles. The van der Waals surface area contributed by atoms with Gasteiger partial charge in [0.05, 0.1) is 18.4 Å². The number of nitrogens with zero attached hydrogens (tertiary/aromatic N) is 1. The molecule has 3 aromatic rings. The van der Waals surface area contributed by atoms with Crippen LogP contribution in [0.2, 0.25) is 0 Å². The van der Waals surface area contributed by atoms with Gasteiger partial charge in [-0.3, -0.25) is 9.78 Å². The van der Waals surface area contributed by atoms with Crippen LogP contribution in [0.4, 0.5) is 13.2 Å². The zero-order valence-corrected chi connectivity index (χ0v) is 15.0. The fourth-order valence-electron chi connectivity index (χ4n) is 2.68. The molecule has 1 aromatic heterocycles. The zero-order chi connectivity index (χ0) is 20.1. The number of carbonyl (C=O) groups is 1. The maximum Gasteiger partial charge on any atom is 0.416 e. The highest BCUT2D eigenvalue weighted by Gasteiger charge is 2.30. The number of ether oxygens (including phenoxy) is 1. The third kappa shape index (κ3) is 4.49. The normalized spacial score (nSPS) is 11.1. The molecule has 1 amide bonds. The van der Waals surface area contributed by atoms with Crippen molar-refractivity contribution in [2.45, 2.75) is 12.7 Å². The topological polar surface area (TPSA) is 51.2 Å². The molecule has 0 aliphatic carbocycles. The van der Waals surface area contributed by atoms with E-state index in [4.69, 9.17) is 4.74 Å². The van der Waals surface area contributed by atoms with E-state index in [9.17, 15) is 18.0 Å². The molecule has 0 spiro atoms. The summed E-state index contributed by atoms with van der Waals surface area (Å²) in [7, 11) is 1.58. The monoisotopic (exact) mass is 386 g/mol. The minimum Gasteiger partial charge on any atom is -0.497 e. The molecule has 0 radical (unpaired) electrons. The summed E-state index contributed by atoms with van der Waals surface area (Å²) in [6.45, 7) is 0.190. The lowest BCUT2D eigenvalue weighted by Crippen LogP contribution is -2.23. The second kappa shape index (κ2) is 8.12. The molecule has 144 valence electrons. The lowest BCUT2D eigenvalue weighted by atomic mass is 10.1. The van der Waals surface area contributed by atoms with Crippen molar-refractivity contribution in [1.29, 1.82) is 0 Å². The van der Waals surface area contributed by atoms with Crippen molar-refractivity contribution in [3.8, 4) is 17.0 Å². The molecule has 3 rings (SSSR count). The molecule has 0 saturated carbocycles. The largest absolute Gasteiger partial charge is 0.497 e. The Labute approximate surface area is 160 Å². The average Bonchev–Trinajstić information content (AvgIpc) is 2.72. The highest BCUT2D eigenvalue weighted by molar-refractivity contribution is 5.94. The molecular formula is C21H17F3N2O2. The van der Waals surface area contributed by atoms with E-state index in [1.165, 1.54) is 0 Å². The summed E-state index contributed by atoms with van der Waals surface area (Å²) in [5.41, 5.74) is 1.71. The van der Waals surface area contributed by atoms with E-state index in [0.717, 1.165) is 41.1 Å². The molecule has 0 fully saturated rings. The Morgan fingerprint density at radius 3 is 2.32 bits per heavy atom. The molecule has 2 aromatic carbocycles. The molecule has 0 unspecified atom stereocenters. The summed E-state index contributed by atoms with van der Waals surface area (Å²) in [6.07, 6.45) is -2.78. The number of aromatic nitrogens is 1. The van der Waals surface area contributed by atoms with Crippen LogP contribution < -0.4 is 10.1 Å². The molecule has 7 heteroatoms. The zero-order valence-electron chi connectivity index (χ0n) is 15.0. The highest BCUT2D eigenvalue weighted by atomic mass is 19.4. The summed E-state index contributed by atoms with van der Waals surface area (Å²) in [5, 5.41) is 2.72. The Balaban J connectivity index is 1.73. The maximum atomic E-state index is 12.6. The van der Waals surface area contributed by atoms with Gasteiger partial charge in [-0.05, 0) is 60.2 Å². The molecule has 0 atom stereocenters. The molecule has 4 nitrogen and oxygen atoms in total. The predicted molar refractivity (Wildman–Crippen MR) is 98.8 cm³/mol. The number of benzene rings is 2. The van der Waals surface area contributed by atoms with Gasteiger partial charge in [0.1, 0.15) is 5.75 Å². The third-order valence-electron chi connectivity index (χ3n) is 4.17. The smallest absolute Gasteiger partial charge is 0.416 e. The van der Waals surface area contributed by atoms with Crippen molar-refractivity contribution >= 4 is 5.91 Å². The van der Waals surface area contributed by atoms with Crippen molar-refractivity contribution in [2.24, 2.45) is 0 Å². The van der Waals surface area contributed by atoms with Crippen LogP contribution >= 0.6 is 0 Å². The summed E-state index contributed by atoms with van der Waals surface area (Å²) in [5.74, 6) is 0.259. The predicted octanol–water partition coefficient (Wildman–Crippen LogP) is 4.71. The lowest BCUT2D eigenvalue weighted by Gasteiger charge is -2.11. The summed E-state index contributed by atoms with van der Waals surface area (Å²) in [6, 6.07) is 15.0. The van der Waals surface area contributed by atoms with Crippen LogP contribution in [0.5, 0.6) is 5.75 Å². The fraction of sp³-hybridized carbons (Fsp3) is 0.143. The van der Waals surface area contributed by atoms with Crippen LogP contribution in [-0.2, 0) is 12.7 Å². The number of rotatable bonds is 5. The van der Waals surface area contributed by atoms with Crippen molar-refractivity contribution < 1.29 is 22.7 Å². The van der Waals surface area contributed by atoms with Crippen LogP contribution in [0.15, 0.2) is 66.9 Å². The molecule has 0 aliphatic rings. The number of carbonyl (C=O) groups excluding carboxylic acids is 1.